The summed E-state index contributed by atoms with van der Waals surface area (Å²) in [7, 11) is 1.60. The summed E-state index contributed by atoms with van der Waals surface area (Å²) in [6, 6.07) is 3.35. The maximum atomic E-state index is 13.7. The first-order valence-electron chi connectivity index (χ1n) is 8.20. The summed E-state index contributed by atoms with van der Waals surface area (Å²) in [6.07, 6.45) is 2.19. The monoisotopic (exact) mass is 359 g/mol. The summed E-state index contributed by atoms with van der Waals surface area (Å²) in [6.45, 7) is 3.87. The van der Waals surface area contributed by atoms with Gasteiger partial charge >= 0.3 is 0 Å². The van der Waals surface area contributed by atoms with Gasteiger partial charge in [0.15, 0.2) is 0 Å². The van der Waals surface area contributed by atoms with Crippen LogP contribution < -0.4 is 0 Å². The Morgan fingerprint density at radius 1 is 1.27 bits per heavy atom. The SMILES string of the molecule is Cc1nc2ncnn2c(C)c1CCC(=O)N(C)Cc1ccc(F)cc1F. The number of hydrogen-bond acceptors (Lipinski definition) is 4. The van der Waals surface area contributed by atoms with Crippen molar-refractivity contribution in [3.8, 4) is 0 Å². The van der Waals surface area contributed by atoms with Crippen LogP contribution in [0.4, 0.5) is 8.78 Å². The van der Waals surface area contributed by atoms with Gasteiger partial charge in [-0.05, 0) is 31.9 Å². The number of halogens is 2. The molecule has 2 aromatic heterocycles. The lowest BCUT2D eigenvalue weighted by Crippen LogP contribution is -2.27. The minimum absolute atomic E-state index is 0.0866. The number of nitrogens with zero attached hydrogens (tertiary/aromatic N) is 5. The number of fused-ring (bicyclic) bond motifs is 1. The van der Waals surface area contributed by atoms with E-state index in [0.29, 0.717) is 12.2 Å². The minimum Gasteiger partial charge on any atom is -0.341 e. The van der Waals surface area contributed by atoms with Crippen LogP contribution in [0.2, 0.25) is 0 Å². The zero-order chi connectivity index (χ0) is 18.8. The molecule has 3 aromatic rings. The second kappa shape index (κ2) is 7.15. The molecular weight excluding hydrogens is 340 g/mol. The van der Waals surface area contributed by atoms with E-state index in [0.717, 1.165) is 23.0 Å². The molecule has 26 heavy (non-hydrogen) atoms. The lowest BCUT2D eigenvalue weighted by atomic mass is 10.1. The van der Waals surface area contributed by atoms with Crippen LogP contribution in [0.1, 0.15) is 28.9 Å². The van der Waals surface area contributed by atoms with Crippen molar-refractivity contribution in [1.82, 2.24) is 24.5 Å². The van der Waals surface area contributed by atoms with Gasteiger partial charge in [-0.1, -0.05) is 6.07 Å². The summed E-state index contributed by atoms with van der Waals surface area (Å²) in [5.41, 5.74) is 2.92. The van der Waals surface area contributed by atoms with Crippen molar-refractivity contribution in [1.29, 1.82) is 0 Å². The molecule has 1 amide bonds. The number of hydrogen-bond donors (Lipinski definition) is 0. The van der Waals surface area contributed by atoms with E-state index in [9.17, 15) is 13.6 Å². The molecular formula is C18H19F2N5O. The average molecular weight is 359 g/mol. The summed E-state index contributed by atoms with van der Waals surface area (Å²) < 4.78 is 28.4. The highest BCUT2D eigenvalue weighted by atomic mass is 19.1. The van der Waals surface area contributed by atoms with Gasteiger partial charge in [-0.25, -0.2) is 18.3 Å². The summed E-state index contributed by atoms with van der Waals surface area (Å²) in [5, 5.41) is 4.13. The molecule has 0 fully saturated rings. The highest BCUT2D eigenvalue weighted by molar-refractivity contribution is 5.76. The number of aryl methyl sites for hydroxylation is 2. The van der Waals surface area contributed by atoms with Gasteiger partial charge in [0.05, 0.1) is 0 Å². The van der Waals surface area contributed by atoms with Crippen LogP contribution in [0.3, 0.4) is 0 Å². The molecule has 0 unspecified atom stereocenters. The van der Waals surface area contributed by atoms with Crippen molar-refractivity contribution < 1.29 is 13.6 Å². The molecule has 6 nitrogen and oxygen atoms in total. The first kappa shape index (κ1) is 17.9. The van der Waals surface area contributed by atoms with Gasteiger partial charge in [-0.15, -0.1) is 0 Å². The second-order valence-corrected chi connectivity index (χ2v) is 6.22. The van der Waals surface area contributed by atoms with Crippen molar-refractivity contribution in [2.24, 2.45) is 0 Å². The maximum absolute atomic E-state index is 13.7. The molecule has 3 rings (SSSR count). The molecule has 1 aromatic carbocycles. The van der Waals surface area contributed by atoms with Gasteiger partial charge < -0.3 is 4.90 Å². The van der Waals surface area contributed by atoms with Gasteiger partial charge in [0, 0.05) is 43.0 Å². The Morgan fingerprint density at radius 3 is 2.77 bits per heavy atom. The van der Waals surface area contributed by atoms with Gasteiger partial charge in [-0.2, -0.15) is 10.1 Å². The normalized spacial score (nSPS) is 11.1. The number of carbonyl (C=O) groups excluding carboxylic acids is 1. The topological polar surface area (TPSA) is 63.4 Å². The molecule has 0 saturated carbocycles. The van der Waals surface area contributed by atoms with E-state index < -0.39 is 11.6 Å². The number of amides is 1. The van der Waals surface area contributed by atoms with Crippen LogP contribution in [-0.2, 0) is 17.8 Å². The zero-order valence-electron chi connectivity index (χ0n) is 14.8. The maximum Gasteiger partial charge on any atom is 0.252 e. The predicted octanol–water partition coefficient (Wildman–Crippen LogP) is 2.61. The number of benzene rings is 1. The Labute approximate surface area is 149 Å². The molecule has 0 aliphatic rings. The first-order valence-corrected chi connectivity index (χ1v) is 8.20. The van der Waals surface area contributed by atoms with Crippen molar-refractivity contribution in [2.75, 3.05) is 7.05 Å². The van der Waals surface area contributed by atoms with Gasteiger partial charge in [0.1, 0.15) is 18.0 Å². The van der Waals surface area contributed by atoms with Crippen molar-refractivity contribution in [2.45, 2.75) is 33.2 Å². The number of rotatable bonds is 5. The Hall–Kier alpha value is -2.90. The fraction of sp³-hybridized carbons (Fsp3) is 0.333. The van der Waals surface area contributed by atoms with Crippen LogP contribution in [0.5, 0.6) is 0 Å². The lowest BCUT2D eigenvalue weighted by molar-refractivity contribution is -0.130. The Kier molecular flexibility index (Phi) is 4.92. The molecule has 0 radical (unpaired) electrons. The van der Waals surface area contributed by atoms with E-state index in [1.807, 2.05) is 13.8 Å². The number of carbonyl (C=O) groups is 1. The van der Waals surface area contributed by atoms with Gasteiger partial charge in [0.25, 0.3) is 5.78 Å². The second-order valence-electron chi connectivity index (χ2n) is 6.22. The highest BCUT2D eigenvalue weighted by Gasteiger charge is 2.16. The summed E-state index contributed by atoms with van der Waals surface area (Å²) in [4.78, 5) is 22.3. The van der Waals surface area contributed by atoms with E-state index in [1.165, 1.54) is 23.4 Å². The molecule has 136 valence electrons. The van der Waals surface area contributed by atoms with Crippen molar-refractivity contribution >= 4 is 11.7 Å². The highest BCUT2D eigenvalue weighted by Crippen LogP contribution is 2.16. The smallest absolute Gasteiger partial charge is 0.252 e. The average Bonchev–Trinajstić information content (AvgIpc) is 3.05. The van der Waals surface area contributed by atoms with Crippen LogP contribution in [-0.4, -0.2) is 37.4 Å². The first-order chi connectivity index (χ1) is 12.4. The Balaban J connectivity index is 1.68. The van der Waals surface area contributed by atoms with Gasteiger partial charge in [-0.3, -0.25) is 4.79 Å². The van der Waals surface area contributed by atoms with E-state index >= 15 is 0 Å². The minimum atomic E-state index is -0.655. The van der Waals surface area contributed by atoms with E-state index in [2.05, 4.69) is 15.1 Å². The fourth-order valence-corrected chi connectivity index (χ4v) is 2.93. The summed E-state index contributed by atoms with van der Waals surface area (Å²) in [5.74, 6) is -0.899. The molecule has 2 heterocycles. The lowest BCUT2D eigenvalue weighted by Gasteiger charge is -2.18. The van der Waals surface area contributed by atoms with E-state index in [1.54, 1.807) is 11.6 Å². The molecule has 0 aliphatic heterocycles. The van der Waals surface area contributed by atoms with Crippen molar-refractivity contribution in [3.63, 3.8) is 0 Å². The molecule has 0 N–H and O–H groups in total. The predicted molar refractivity (Wildman–Crippen MR) is 91.4 cm³/mol. The molecule has 0 bridgehead atoms. The molecule has 8 heteroatoms. The van der Waals surface area contributed by atoms with Gasteiger partial charge in [0.2, 0.25) is 5.91 Å². The molecule has 0 atom stereocenters. The number of aromatic nitrogens is 4. The van der Waals surface area contributed by atoms with Crippen LogP contribution in [0.25, 0.3) is 5.78 Å². The quantitative estimate of drug-likeness (QED) is 0.702. The third-order valence-electron chi connectivity index (χ3n) is 4.43. The van der Waals surface area contributed by atoms with E-state index in [-0.39, 0.29) is 24.4 Å². The standard InChI is InChI=1S/C18H19F2N5O/c1-11-15(12(2)25-18(23-11)21-10-22-25)6-7-17(26)24(3)9-13-4-5-14(19)8-16(13)20/h4-5,8,10H,6-7,9H2,1-3H3. The van der Waals surface area contributed by atoms with Crippen LogP contribution in [0, 0.1) is 25.5 Å². The summed E-state index contributed by atoms with van der Waals surface area (Å²) >= 11 is 0. The third-order valence-corrected chi connectivity index (χ3v) is 4.43. The van der Waals surface area contributed by atoms with Crippen LogP contribution >= 0.6 is 0 Å². The largest absolute Gasteiger partial charge is 0.341 e. The van der Waals surface area contributed by atoms with Crippen molar-refractivity contribution in [3.05, 3.63) is 58.7 Å². The van der Waals surface area contributed by atoms with E-state index in [4.69, 9.17) is 0 Å². The van der Waals surface area contributed by atoms with Crippen LogP contribution in [0.15, 0.2) is 24.5 Å². The zero-order valence-corrected chi connectivity index (χ0v) is 14.8. The third kappa shape index (κ3) is 3.54. The molecule has 0 spiro atoms. The molecule has 0 saturated heterocycles. The Morgan fingerprint density at radius 2 is 2.04 bits per heavy atom. The molecule has 0 aliphatic carbocycles. The Bertz CT molecular complexity index is 970. The fourth-order valence-electron chi connectivity index (χ4n) is 2.93.